The molecule has 0 unspecified atom stereocenters. The summed E-state index contributed by atoms with van der Waals surface area (Å²) in [7, 11) is 2.12. The highest BCUT2D eigenvalue weighted by atomic mass is 35.5. The fraction of sp³-hybridized carbons (Fsp3) is 0.333. The van der Waals surface area contributed by atoms with E-state index in [0.717, 1.165) is 42.8 Å². The van der Waals surface area contributed by atoms with Crippen LogP contribution in [0, 0.1) is 0 Å². The summed E-state index contributed by atoms with van der Waals surface area (Å²) in [4.78, 5) is 12.2. The Kier molecular flexibility index (Phi) is 3.28. The first kappa shape index (κ1) is 13.6. The van der Waals surface area contributed by atoms with E-state index in [0.29, 0.717) is 16.9 Å². The SMILES string of the molecule is CN1CCN(c2noc(-c3cc4ccc(Cl)cc4[nH]3)n2)CC1. The van der Waals surface area contributed by atoms with Gasteiger partial charge in [0.15, 0.2) is 0 Å². The molecule has 0 spiro atoms. The van der Waals surface area contributed by atoms with Crippen molar-refractivity contribution >= 4 is 28.5 Å². The van der Waals surface area contributed by atoms with Gasteiger partial charge in [-0.15, -0.1) is 0 Å². The van der Waals surface area contributed by atoms with Crippen LogP contribution in [0.1, 0.15) is 0 Å². The first-order chi connectivity index (χ1) is 10.7. The zero-order chi connectivity index (χ0) is 15.1. The van der Waals surface area contributed by atoms with Crippen molar-refractivity contribution in [3.05, 3.63) is 29.3 Å². The first-order valence-corrected chi connectivity index (χ1v) is 7.63. The average molecular weight is 318 g/mol. The number of rotatable bonds is 2. The Labute approximate surface area is 132 Å². The van der Waals surface area contributed by atoms with Crippen molar-refractivity contribution in [1.29, 1.82) is 0 Å². The standard InChI is InChI=1S/C15H16ClN5O/c1-20-4-6-21(7-5-20)15-18-14(22-19-15)13-8-10-2-3-11(16)9-12(10)17-13/h2-3,8-9,17H,4-7H2,1H3. The number of anilines is 1. The molecule has 0 saturated carbocycles. The van der Waals surface area contributed by atoms with Gasteiger partial charge in [-0.1, -0.05) is 17.7 Å². The monoisotopic (exact) mass is 317 g/mol. The number of halogens is 1. The van der Waals surface area contributed by atoms with Crippen LogP contribution < -0.4 is 4.90 Å². The molecule has 1 aromatic carbocycles. The van der Waals surface area contributed by atoms with Crippen molar-refractivity contribution in [2.45, 2.75) is 0 Å². The van der Waals surface area contributed by atoms with Crippen molar-refractivity contribution in [2.24, 2.45) is 0 Å². The van der Waals surface area contributed by atoms with Gasteiger partial charge in [0, 0.05) is 42.1 Å². The summed E-state index contributed by atoms with van der Waals surface area (Å²) < 4.78 is 5.41. The Morgan fingerprint density at radius 3 is 2.82 bits per heavy atom. The summed E-state index contributed by atoms with van der Waals surface area (Å²) >= 11 is 6.01. The molecule has 0 radical (unpaired) electrons. The Morgan fingerprint density at radius 2 is 2.00 bits per heavy atom. The topological polar surface area (TPSA) is 61.2 Å². The highest BCUT2D eigenvalue weighted by Crippen LogP contribution is 2.26. The van der Waals surface area contributed by atoms with Crippen LogP contribution in [0.3, 0.4) is 0 Å². The lowest BCUT2D eigenvalue weighted by Crippen LogP contribution is -2.44. The molecule has 6 nitrogen and oxygen atoms in total. The fourth-order valence-electron chi connectivity index (χ4n) is 2.67. The molecule has 0 amide bonds. The lowest BCUT2D eigenvalue weighted by Gasteiger charge is -2.31. The quantitative estimate of drug-likeness (QED) is 0.787. The molecule has 1 fully saturated rings. The molecule has 3 aromatic rings. The van der Waals surface area contributed by atoms with E-state index in [-0.39, 0.29) is 0 Å². The van der Waals surface area contributed by atoms with E-state index in [1.54, 1.807) is 0 Å². The second-order valence-corrected chi connectivity index (χ2v) is 6.04. The fourth-order valence-corrected chi connectivity index (χ4v) is 2.85. The molecule has 114 valence electrons. The third-order valence-corrected chi connectivity index (χ3v) is 4.25. The van der Waals surface area contributed by atoms with E-state index < -0.39 is 0 Å². The second-order valence-electron chi connectivity index (χ2n) is 5.60. The van der Waals surface area contributed by atoms with E-state index in [4.69, 9.17) is 16.1 Å². The molecule has 1 saturated heterocycles. The molecule has 0 bridgehead atoms. The van der Waals surface area contributed by atoms with Crippen LogP contribution >= 0.6 is 11.6 Å². The molecule has 0 atom stereocenters. The van der Waals surface area contributed by atoms with Crippen LogP contribution in [-0.4, -0.2) is 53.3 Å². The number of aromatic nitrogens is 3. The molecule has 1 N–H and O–H groups in total. The van der Waals surface area contributed by atoms with Crippen molar-refractivity contribution < 1.29 is 4.52 Å². The number of aromatic amines is 1. The molecular formula is C15H16ClN5O. The Morgan fingerprint density at radius 1 is 1.18 bits per heavy atom. The largest absolute Gasteiger partial charge is 0.350 e. The van der Waals surface area contributed by atoms with Gasteiger partial charge >= 0.3 is 0 Å². The van der Waals surface area contributed by atoms with Gasteiger partial charge in [-0.2, -0.15) is 4.98 Å². The number of piperazine rings is 1. The van der Waals surface area contributed by atoms with Crippen molar-refractivity contribution in [3.8, 4) is 11.6 Å². The number of likely N-dealkylation sites (N-methyl/N-ethyl adjacent to an activating group) is 1. The van der Waals surface area contributed by atoms with Gasteiger partial charge in [0.25, 0.3) is 11.8 Å². The molecule has 1 aliphatic heterocycles. The van der Waals surface area contributed by atoms with Crippen LogP contribution in [0.4, 0.5) is 5.95 Å². The Bertz CT molecular complexity index is 803. The van der Waals surface area contributed by atoms with Crippen LogP contribution in [-0.2, 0) is 0 Å². The van der Waals surface area contributed by atoms with E-state index in [1.807, 2.05) is 24.3 Å². The number of hydrogen-bond acceptors (Lipinski definition) is 5. The van der Waals surface area contributed by atoms with Crippen LogP contribution in [0.25, 0.3) is 22.5 Å². The normalized spacial score (nSPS) is 16.5. The molecule has 22 heavy (non-hydrogen) atoms. The van der Waals surface area contributed by atoms with Gasteiger partial charge in [0.1, 0.15) is 5.69 Å². The lowest BCUT2D eigenvalue weighted by molar-refractivity contribution is 0.309. The molecule has 0 aliphatic carbocycles. The van der Waals surface area contributed by atoms with Crippen LogP contribution in [0.2, 0.25) is 5.02 Å². The molecule has 2 aromatic heterocycles. The number of benzene rings is 1. The number of fused-ring (bicyclic) bond motifs is 1. The van der Waals surface area contributed by atoms with Gasteiger partial charge in [0.05, 0.1) is 0 Å². The number of hydrogen-bond donors (Lipinski definition) is 1. The highest BCUT2D eigenvalue weighted by molar-refractivity contribution is 6.31. The third-order valence-electron chi connectivity index (χ3n) is 4.02. The van der Waals surface area contributed by atoms with E-state index in [1.165, 1.54) is 0 Å². The maximum Gasteiger partial charge on any atom is 0.275 e. The van der Waals surface area contributed by atoms with Gasteiger partial charge in [-0.3, -0.25) is 0 Å². The number of H-pyrrole nitrogens is 1. The molecule has 3 heterocycles. The smallest absolute Gasteiger partial charge is 0.275 e. The van der Waals surface area contributed by atoms with Crippen molar-refractivity contribution in [2.75, 3.05) is 38.1 Å². The Hall–Kier alpha value is -2.05. The number of nitrogens with zero attached hydrogens (tertiary/aromatic N) is 4. The molecule has 7 heteroatoms. The van der Waals surface area contributed by atoms with Gasteiger partial charge < -0.3 is 19.3 Å². The maximum atomic E-state index is 6.01. The Balaban J connectivity index is 1.62. The summed E-state index contributed by atoms with van der Waals surface area (Å²) in [5.74, 6) is 1.15. The number of nitrogens with one attached hydrogen (secondary N) is 1. The van der Waals surface area contributed by atoms with E-state index in [9.17, 15) is 0 Å². The summed E-state index contributed by atoms with van der Waals surface area (Å²) in [6.45, 7) is 3.85. The summed E-state index contributed by atoms with van der Waals surface area (Å²) in [6.07, 6.45) is 0. The minimum Gasteiger partial charge on any atom is -0.350 e. The average Bonchev–Trinajstić information content (AvgIpc) is 3.13. The predicted octanol–water partition coefficient (Wildman–Crippen LogP) is 2.62. The van der Waals surface area contributed by atoms with Crippen LogP contribution in [0.5, 0.6) is 0 Å². The van der Waals surface area contributed by atoms with Gasteiger partial charge in [-0.05, 0) is 30.4 Å². The predicted molar refractivity (Wildman–Crippen MR) is 86.3 cm³/mol. The molecular weight excluding hydrogens is 302 g/mol. The first-order valence-electron chi connectivity index (χ1n) is 7.25. The van der Waals surface area contributed by atoms with Crippen molar-refractivity contribution in [3.63, 3.8) is 0 Å². The summed E-state index contributed by atoms with van der Waals surface area (Å²) in [5.41, 5.74) is 1.77. The highest BCUT2D eigenvalue weighted by Gasteiger charge is 2.20. The molecule has 1 aliphatic rings. The summed E-state index contributed by atoms with van der Waals surface area (Å²) in [5, 5.41) is 5.87. The zero-order valence-electron chi connectivity index (χ0n) is 12.2. The lowest BCUT2D eigenvalue weighted by atomic mass is 10.2. The van der Waals surface area contributed by atoms with Gasteiger partial charge in [0.2, 0.25) is 0 Å². The molecule has 4 rings (SSSR count). The minimum atomic E-state index is 0.501. The maximum absolute atomic E-state index is 6.01. The summed E-state index contributed by atoms with van der Waals surface area (Å²) in [6, 6.07) is 7.71. The van der Waals surface area contributed by atoms with Crippen LogP contribution in [0.15, 0.2) is 28.8 Å². The minimum absolute atomic E-state index is 0.501. The zero-order valence-corrected chi connectivity index (χ0v) is 13.0. The van der Waals surface area contributed by atoms with E-state index >= 15 is 0 Å². The second kappa shape index (κ2) is 5.30. The van der Waals surface area contributed by atoms with Gasteiger partial charge in [-0.25, -0.2) is 0 Å². The third kappa shape index (κ3) is 2.44. The van der Waals surface area contributed by atoms with E-state index in [2.05, 4.69) is 32.0 Å². The van der Waals surface area contributed by atoms with Crippen molar-refractivity contribution in [1.82, 2.24) is 20.0 Å².